The summed E-state index contributed by atoms with van der Waals surface area (Å²) in [5.41, 5.74) is 11.8. The molecule has 0 bridgehead atoms. The molecule has 3 rings (SSSR count). The van der Waals surface area contributed by atoms with Gasteiger partial charge in [-0.25, -0.2) is 0 Å². The van der Waals surface area contributed by atoms with Crippen LogP contribution in [-0.2, 0) is 4.79 Å². The van der Waals surface area contributed by atoms with Crippen molar-refractivity contribution in [2.45, 2.75) is 24.1 Å². The monoisotopic (exact) mass is 361 g/mol. The number of rotatable bonds is 4. The number of alkyl halides is 1. The largest absolute Gasteiger partial charge is 0.370 e. The number of carbonyl (C=O) groups is 1. The molecule has 0 radical (unpaired) electrons. The zero-order chi connectivity index (χ0) is 17.2. The number of para-hydroxylation sites is 1. The molecule has 1 aromatic carbocycles. The molecule has 0 spiro atoms. The molecule has 1 aliphatic carbocycles. The van der Waals surface area contributed by atoms with Crippen LogP contribution in [0.15, 0.2) is 58.2 Å². The summed E-state index contributed by atoms with van der Waals surface area (Å²) in [6.45, 7) is 0. The molecule has 0 saturated heterocycles. The predicted octanol–water partition coefficient (Wildman–Crippen LogP) is 4.18. The second-order valence-corrected chi connectivity index (χ2v) is 6.93. The highest BCUT2D eigenvalue weighted by molar-refractivity contribution is 6.42. The molecule has 0 fully saturated rings. The Morgan fingerprint density at radius 2 is 2.08 bits per heavy atom. The molecule has 1 aliphatic heterocycles. The molecule has 1 amide bonds. The van der Waals surface area contributed by atoms with E-state index in [1.54, 1.807) is 0 Å². The van der Waals surface area contributed by atoms with Crippen LogP contribution in [0.2, 0.25) is 0 Å². The van der Waals surface area contributed by atoms with Crippen LogP contribution >= 0.6 is 23.2 Å². The summed E-state index contributed by atoms with van der Waals surface area (Å²) in [7, 11) is 0. The Balaban J connectivity index is 1.80. The van der Waals surface area contributed by atoms with Gasteiger partial charge in [-0.3, -0.25) is 10.2 Å². The van der Waals surface area contributed by atoms with Gasteiger partial charge in [0.25, 0.3) is 0 Å². The summed E-state index contributed by atoms with van der Waals surface area (Å²) in [5.74, 6) is -0.346. The minimum absolute atomic E-state index is 0.267. The van der Waals surface area contributed by atoms with Crippen LogP contribution in [0, 0.1) is 0 Å². The van der Waals surface area contributed by atoms with Gasteiger partial charge in [-0.05, 0) is 29.7 Å². The van der Waals surface area contributed by atoms with E-state index < -0.39 is 4.87 Å². The fourth-order valence-corrected chi connectivity index (χ4v) is 3.41. The number of hydrogen-bond donors (Lipinski definition) is 2. The fraction of sp³-hybridized carbons (Fsp3) is 0.222. The second-order valence-electron chi connectivity index (χ2n) is 5.80. The van der Waals surface area contributed by atoms with E-state index in [0.717, 1.165) is 16.8 Å². The van der Waals surface area contributed by atoms with Crippen LogP contribution < -0.4 is 11.2 Å². The summed E-state index contributed by atoms with van der Waals surface area (Å²) < 4.78 is 0. The van der Waals surface area contributed by atoms with Crippen LogP contribution in [0.5, 0.6) is 0 Å². The van der Waals surface area contributed by atoms with Crippen LogP contribution in [-0.4, -0.2) is 16.5 Å². The summed E-state index contributed by atoms with van der Waals surface area (Å²) in [6.07, 6.45) is 8.81. The number of anilines is 1. The van der Waals surface area contributed by atoms with Crippen molar-refractivity contribution in [1.82, 2.24) is 0 Å². The maximum absolute atomic E-state index is 10.9. The third kappa shape index (κ3) is 3.55. The average Bonchev–Trinajstić information content (AvgIpc) is 2.77. The number of allylic oxidation sites excluding steroid dienone is 5. The fourth-order valence-electron chi connectivity index (χ4n) is 2.68. The molecule has 1 heterocycles. The molecule has 4 nitrogen and oxygen atoms in total. The zero-order valence-corrected chi connectivity index (χ0v) is 14.4. The number of nitrogens with zero attached hydrogens (tertiary/aromatic N) is 1. The third-order valence-electron chi connectivity index (χ3n) is 4.05. The number of amides is 1. The lowest BCUT2D eigenvalue weighted by atomic mass is 9.89. The quantitative estimate of drug-likeness (QED) is 0.789. The number of benzene rings is 1. The topological polar surface area (TPSA) is 67.5 Å². The molecular weight excluding hydrogens is 345 g/mol. The first kappa shape index (κ1) is 16.8. The number of hydrogen-bond acceptors (Lipinski definition) is 3. The maximum Gasteiger partial charge on any atom is 0.217 e. The van der Waals surface area contributed by atoms with E-state index in [1.807, 2.05) is 48.6 Å². The molecule has 124 valence electrons. The average molecular weight is 362 g/mol. The van der Waals surface area contributed by atoms with Crippen molar-refractivity contribution in [3.05, 3.63) is 58.7 Å². The molecule has 24 heavy (non-hydrogen) atoms. The van der Waals surface area contributed by atoms with E-state index in [0.29, 0.717) is 23.6 Å². The van der Waals surface area contributed by atoms with Gasteiger partial charge in [-0.1, -0.05) is 48.0 Å². The summed E-state index contributed by atoms with van der Waals surface area (Å²) >= 11 is 13.2. The molecule has 0 saturated carbocycles. The van der Waals surface area contributed by atoms with Crippen molar-refractivity contribution in [3.8, 4) is 0 Å². The number of halogens is 2. The first-order chi connectivity index (χ1) is 11.5. The van der Waals surface area contributed by atoms with Crippen LogP contribution in [0.1, 0.15) is 24.8 Å². The molecule has 3 N–H and O–H groups in total. The normalized spacial score (nSPS) is 22.5. The van der Waals surface area contributed by atoms with E-state index in [2.05, 4.69) is 10.5 Å². The van der Waals surface area contributed by atoms with Gasteiger partial charge in [0.05, 0.1) is 11.4 Å². The van der Waals surface area contributed by atoms with Gasteiger partial charge in [0.2, 0.25) is 5.91 Å². The predicted molar refractivity (Wildman–Crippen MR) is 100 cm³/mol. The first-order valence-electron chi connectivity index (χ1n) is 7.63. The van der Waals surface area contributed by atoms with Crippen molar-refractivity contribution < 1.29 is 4.79 Å². The van der Waals surface area contributed by atoms with Gasteiger partial charge in [-0.2, -0.15) is 5.10 Å². The lowest BCUT2D eigenvalue weighted by Crippen LogP contribution is -2.31. The SMILES string of the molecule is NC(=O)CCC1=C(Cl)CC(Cl)(C2=NNc3ccccc3C=C2)C=C1. The standard InChI is InChI=1S/C18H17Cl2N3O/c19-14-11-18(20,10-9-12(14)6-8-17(21)24)16-7-5-13-3-1-2-4-15(13)22-23-16/h1-5,7,9-10,22H,6,8,11H2,(H2,21,24). The van der Waals surface area contributed by atoms with Gasteiger partial charge in [-0.15, -0.1) is 11.6 Å². The van der Waals surface area contributed by atoms with E-state index in [1.165, 1.54) is 0 Å². The Bertz CT molecular complexity index is 795. The van der Waals surface area contributed by atoms with Gasteiger partial charge in [0.1, 0.15) is 4.87 Å². The van der Waals surface area contributed by atoms with E-state index in [-0.39, 0.29) is 12.3 Å². The number of primary amides is 1. The third-order valence-corrected chi connectivity index (χ3v) is 4.88. The highest BCUT2D eigenvalue weighted by Crippen LogP contribution is 2.38. The minimum Gasteiger partial charge on any atom is -0.370 e. The summed E-state index contributed by atoms with van der Waals surface area (Å²) in [6, 6.07) is 7.88. The smallest absolute Gasteiger partial charge is 0.217 e. The molecule has 2 aliphatic rings. The highest BCUT2D eigenvalue weighted by atomic mass is 35.5. The van der Waals surface area contributed by atoms with Crippen LogP contribution in [0.25, 0.3) is 6.08 Å². The minimum atomic E-state index is -0.821. The maximum atomic E-state index is 10.9. The van der Waals surface area contributed by atoms with E-state index >= 15 is 0 Å². The van der Waals surface area contributed by atoms with E-state index in [9.17, 15) is 4.79 Å². The Morgan fingerprint density at radius 1 is 1.29 bits per heavy atom. The number of nitrogens with one attached hydrogen (secondary N) is 1. The van der Waals surface area contributed by atoms with Crippen molar-refractivity contribution in [2.75, 3.05) is 5.43 Å². The Kier molecular flexibility index (Phi) is 4.78. The van der Waals surface area contributed by atoms with Crippen molar-refractivity contribution in [1.29, 1.82) is 0 Å². The summed E-state index contributed by atoms with van der Waals surface area (Å²) in [4.78, 5) is 10.1. The number of carbonyl (C=O) groups excluding carboxylic acids is 1. The molecule has 0 aromatic heterocycles. The second kappa shape index (κ2) is 6.83. The zero-order valence-electron chi connectivity index (χ0n) is 12.9. The van der Waals surface area contributed by atoms with Crippen molar-refractivity contribution in [3.63, 3.8) is 0 Å². The molecule has 6 heteroatoms. The van der Waals surface area contributed by atoms with Crippen LogP contribution in [0.3, 0.4) is 0 Å². The highest BCUT2D eigenvalue weighted by Gasteiger charge is 2.34. The summed E-state index contributed by atoms with van der Waals surface area (Å²) in [5, 5.41) is 5.07. The Morgan fingerprint density at radius 3 is 2.83 bits per heavy atom. The number of nitrogens with two attached hydrogens (primary N) is 1. The molecule has 1 aromatic rings. The Hall–Kier alpha value is -2.04. The molecule has 1 atom stereocenters. The Labute approximate surface area is 150 Å². The first-order valence-corrected chi connectivity index (χ1v) is 8.39. The van der Waals surface area contributed by atoms with E-state index in [4.69, 9.17) is 28.9 Å². The van der Waals surface area contributed by atoms with Gasteiger partial charge in [0, 0.05) is 17.9 Å². The lowest BCUT2D eigenvalue weighted by molar-refractivity contribution is -0.117. The molecular formula is C18H17Cl2N3O. The van der Waals surface area contributed by atoms with Gasteiger partial charge < -0.3 is 5.73 Å². The molecule has 1 unspecified atom stereocenters. The number of fused-ring (bicyclic) bond motifs is 1. The van der Waals surface area contributed by atoms with Crippen LogP contribution in [0.4, 0.5) is 5.69 Å². The number of hydrazone groups is 1. The van der Waals surface area contributed by atoms with Gasteiger partial charge >= 0.3 is 0 Å². The van der Waals surface area contributed by atoms with Crippen molar-refractivity contribution >= 4 is 46.6 Å². The van der Waals surface area contributed by atoms with Gasteiger partial charge in [0.15, 0.2) is 0 Å². The van der Waals surface area contributed by atoms with Crippen molar-refractivity contribution in [2.24, 2.45) is 10.8 Å². The lowest BCUT2D eigenvalue weighted by Gasteiger charge is -2.27.